The van der Waals surface area contributed by atoms with E-state index in [2.05, 4.69) is 48.6 Å². The fraction of sp³-hybridized carbons (Fsp3) is 0.537. The molecular formula is C41H48F2N12O4. The molecule has 0 spiro atoms. The molecule has 8 heterocycles. The Morgan fingerprint density at radius 1 is 1.07 bits per heavy atom. The number of nitrogens with one attached hydrogen (secondary N) is 2. The monoisotopic (exact) mass is 810 g/mol. The van der Waals surface area contributed by atoms with Crippen LogP contribution in [-0.2, 0) is 27.9 Å². The average Bonchev–Trinajstić information content (AvgIpc) is 4.05. The molecule has 2 bridgehead atoms. The van der Waals surface area contributed by atoms with Crippen LogP contribution in [0.1, 0.15) is 90.6 Å². The standard InChI is InChI=1S/C41H48F2N12O4/c1-50(27-18-52(19-27)17-24-4-3-5-29-35(48-51(2)37(24)29)30-10-11-34(56)47-40(30)57)16-23-6-8-25(9-7-23)55-21-32(36(49-55)38(42)43)45-41(58)31-15-44-54-13-12-33(46-39(31)54)53-20-28-14-26(53)22-59-28/h3-5,12-13,15,21,23,25-28,30,38H,6-11,14,16-20,22H2,1-2H3,(H,45,58)(H,47,56,57)/t23?,25?,26-,28-,30?/m1/s1. The van der Waals surface area contributed by atoms with Gasteiger partial charge in [0.25, 0.3) is 12.3 Å². The number of carbonyl (C=O) groups is 3. The third-order valence-electron chi connectivity index (χ3n) is 13.2. The molecule has 10 rings (SSSR count). The Kier molecular flexibility index (Phi) is 9.67. The van der Waals surface area contributed by atoms with Crippen LogP contribution >= 0.6 is 0 Å². The van der Waals surface area contributed by atoms with Gasteiger partial charge in [-0.25, -0.2) is 18.3 Å². The summed E-state index contributed by atoms with van der Waals surface area (Å²) in [5, 5.41) is 19.5. The fourth-order valence-corrected chi connectivity index (χ4v) is 10.0. The lowest BCUT2D eigenvalue weighted by molar-refractivity contribution is -0.134. The second kappa shape index (κ2) is 15.0. The van der Waals surface area contributed by atoms with Crippen molar-refractivity contribution in [2.24, 2.45) is 13.0 Å². The van der Waals surface area contributed by atoms with Crippen molar-refractivity contribution in [3.05, 3.63) is 65.4 Å². The summed E-state index contributed by atoms with van der Waals surface area (Å²) in [6.45, 7) is 5.02. The quantitative estimate of drug-likeness (QED) is 0.186. The summed E-state index contributed by atoms with van der Waals surface area (Å²) in [4.78, 5) is 49.7. The zero-order valence-electron chi connectivity index (χ0n) is 33.1. The molecule has 0 radical (unpaired) electrons. The molecule has 1 saturated carbocycles. The van der Waals surface area contributed by atoms with Gasteiger partial charge in [0.15, 0.2) is 11.3 Å². The molecule has 310 valence electrons. The molecule has 18 heteroatoms. The van der Waals surface area contributed by atoms with Crippen LogP contribution in [-0.4, -0.2) is 120 Å². The Morgan fingerprint density at radius 3 is 2.64 bits per heavy atom. The largest absolute Gasteiger partial charge is 0.374 e. The van der Waals surface area contributed by atoms with Crippen LogP contribution in [0.25, 0.3) is 16.6 Å². The number of carbonyl (C=O) groups excluding carboxylic acids is 3. The van der Waals surface area contributed by atoms with E-state index in [1.807, 2.05) is 29.9 Å². The average molecular weight is 811 g/mol. The van der Waals surface area contributed by atoms with Crippen LogP contribution in [0.5, 0.6) is 0 Å². The van der Waals surface area contributed by atoms with Crippen molar-refractivity contribution in [2.75, 3.05) is 50.1 Å². The van der Waals surface area contributed by atoms with Gasteiger partial charge in [-0.15, -0.1) is 0 Å². The third-order valence-corrected chi connectivity index (χ3v) is 13.2. The van der Waals surface area contributed by atoms with Crippen molar-refractivity contribution in [1.29, 1.82) is 0 Å². The number of likely N-dealkylation sites (tertiary alicyclic amines) is 1. The van der Waals surface area contributed by atoms with E-state index in [1.165, 1.54) is 10.7 Å². The number of benzene rings is 1. The highest BCUT2D eigenvalue weighted by Gasteiger charge is 2.40. The summed E-state index contributed by atoms with van der Waals surface area (Å²) < 4.78 is 39.3. The van der Waals surface area contributed by atoms with Crippen LogP contribution in [0.15, 0.2) is 42.9 Å². The number of likely N-dealkylation sites (N-methyl/N-ethyl adjacent to an activating group) is 1. The summed E-state index contributed by atoms with van der Waals surface area (Å²) in [6, 6.07) is 8.67. The molecule has 1 aromatic carbocycles. The predicted molar refractivity (Wildman–Crippen MR) is 212 cm³/mol. The molecule has 2 N–H and O–H groups in total. The normalized spacial score (nSPS) is 25.2. The van der Waals surface area contributed by atoms with Gasteiger partial charge in [0.2, 0.25) is 11.8 Å². The summed E-state index contributed by atoms with van der Waals surface area (Å²) >= 11 is 0. The van der Waals surface area contributed by atoms with Crippen LogP contribution in [0.3, 0.4) is 0 Å². The topological polar surface area (TPSA) is 160 Å². The SMILES string of the molecule is CN(CC1CCC(n2cc(NC(=O)c3cnn4ccc(N5C[C@H]6C[C@@H]5CO6)nc34)c(C(F)F)n2)CC1)C1CN(Cc2cccc3c(C4CCC(=O)NC4=O)nn(C)c23)C1. The number of alkyl halides is 2. The van der Waals surface area contributed by atoms with Crippen LogP contribution in [0.4, 0.5) is 20.3 Å². The van der Waals surface area contributed by atoms with Crippen molar-refractivity contribution in [3.8, 4) is 0 Å². The lowest BCUT2D eigenvalue weighted by Crippen LogP contribution is -2.58. The van der Waals surface area contributed by atoms with Crippen molar-refractivity contribution in [2.45, 2.75) is 88.1 Å². The molecule has 1 unspecified atom stereocenters. The van der Waals surface area contributed by atoms with Gasteiger partial charge in [0, 0.05) is 70.0 Å². The molecule has 3 amide bonds. The number of amides is 3. The second-order valence-corrected chi connectivity index (χ2v) is 17.1. The van der Waals surface area contributed by atoms with Crippen LogP contribution in [0.2, 0.25) is 0 Å². The smallest absolute Gasteiger partial charge is 0.284 e. The first-order valence-electron chi connectivity index (χ1n) is 20.7. The number of ether oxygens (including phenoxy) is 1. The number of aryl methyl sites for hydroxylation is 1. The Bertz CT molecular complexity index is 2430. The number of fused-ring (bicyclic) bond motifs is 4. The van der Waals surface area contributed by atoms with Crippen molar-refractivity contribution in [3.63, 3.8) is 0 Å². The van der Waals surface area contributed by atoms with E-state index in [0.717, 1.165) is 92.8 Å². The van der Waals surface area contributed by atoms with Gasteiger partial charge in [0.05, 0.1) is 53.8 Å². The number of piperidine rings is 1. The minimum absolute atomic E-state index is 0.000263. The van der Waals surface area contributed by atoms with Gasteiger partial charge < -0.3 is 19.9 Å². The molecule has 59 heavy (non-hydrogen) atoms. The maximum Gasteiger partial charge on any atom is 0.284 e. The lowest BCUT2D eigenvalue weighted by atomic mass is 9.85. The van der Waals surface area contributed by atoms with Crippen LogP contribution < -0.4 is 15.5 Å². The van der Waals surface area contributed by atoms with E-state index >= 15 is 0 Å². The number of rotatable bonds is 11. The van der Waals surface area contributed by atoms with Crippen LogP contribution in [0, 0.1) is 5.92 Å². The number of nitrogens with zero attached hydrogens (tertiary/aromatic N) is 10. The number of halogens is 2. The number of imide groups is 1. The van der Waals surface area contributed by atoms with E-state index in [9.17, 15) is 23.2 Å². The van der Waals surface area contributed by atoms with Gasteiger partial charge in [-0.3, -0.25) is 34.0 Å². The molecule has 3 atom stereocenters. The number of morpholine rings is 1. The minimum atomic E-state index is -2.85. The van der Waals surface area contributed by atoms with E-state index < -0.39 is 23.9 Å². The molecule has 5 fully saturated rings. The Labute approximate surface area is 338 Å². The summed E-state index contributed by atoms with van der Waals surface area (Å²) in [7, 11) is 4.10. The number of aromatic nitrogens is 7. The number of hydrogen-bond donors (Lipinski definition) is 2. The molecule has 4 saturated heterocycles. The molecular weight excluding hydrogens is 763 g/mol. The number of para-hydroxylation sites is 1. The van der Waals surface area contributed by atoms with E-state index in [1.54, 1.807) is 17.1 Å². The van der Waals surface area contributed by atoms with Gasteiger partial charge in [0.1, 0.15) is 11.4 Å². The molecule has 4 aliphatic heterocycles. The molecule has 4 aromatic heterocycles. The highest BCUT2D eigenvalue weighted by atomic mass is 19.3. The first kappa shape index (κ1) is 37.9. The maximum atomic E-state index is 14.3. The summed E-state index contributed by atoms with van der Waals surface area (Å²) in [5.41, 5.74) is 3.02. The summed E-state index contributed by atoms with van der Waals surface area (Å²) in [5.74, 6) is -0.286. The number of hydrogen-bond acceptors (Lipinski definition) is 11. The van der Waals surface area contributed by atoms with Gasteiger partial charge >= 0.3 is 0 Å². The number of anilines is 2. The molecule has 16 nitrogen and oxygen atoms in total. The highest BCUT2D eigenvalue weighted by Crippen LogP contribution is 2.37. The summed E-state index contributed by atoms with van der Waals surface area (Å²) in [6.07, 6.45) is 7.31. The van der Waals surface area contributed by atoms with Crippen molar-refractivity contribution in [1.82, 2.24) is 49.3 Å². The Hall–Kier alpha value is -5.33. The van der Waals surface area contributed by atoms with E-state index in [-0.39, 0.29) is 41.3 Å². The highest BCUT2D eigenvalue weighted by molar-refractivity contribution is 6.08. The van der Waals surface area contributed by atoms with E-state index in [0.29, 0.717) is 37.1 Å². The van der Waals surface area contributed by atoms with Gasteiger partial charge in [-0.2, -0.15) is 15.3 Å². The maximum absolute atomic E-state index is 14.3. The first-order chi connectivity index (χ1) is 28.6. The van der Waals surface area contributed by atoms with Gasteiger partial charge in [-0.05, 0) is 63.1 Å². The van der Waals surface area contributed by atoms with E-state index in [4.69, 9.17) is 14.8 Å². The van der Waals surface area contributed by atoms with Crippen molar-refractivity contribution >= 4 is 45.8 Å². The third kappa shape index (κ3) is 7.03. The second-order valence-electron chi connectivity index (χ2n) is 17.1. The van der Waals surface area contributed by atoms with Crippen molar-refractivity contribution < 1.29 is 27.9 Å². The predicted octanol–water partition coefficient (Wildman–Crippen LogP) is 4.05. The minimum Gasteiger partial charge on any atom is -0.374 e. The Balaban J connectivity index is 0.731. The zero-order chi connectivity index (χ0) is 40.5. The molecule has 5 aromatic rings. The van der Waals surface area contributed by atoms with Gasteiger partial charge in [-0.1, -0.05) is 18.2 Å². The first-order valence-corrected chi connectivity index (χ1v) is 20.7. The lowest BCUT2D eigenvalue weighted by Gasteiger charge is -2.45. The zero-order valence-corrected chi connectivity index (χ0v) is 33.1. The molecule has 1 aliphatic carbocycles. The Morgan fingerprint density at radius 2 is 1.90 bits per heavy atom. The fourth-order valence-electron chi connectivity index (χ4n) is 10.0. The molecule has 5 aliphatic rings.